The minimum absolute atomic E-state index is 0.0291. The van der Waals surface area contributed by atoms with E-state index in [1.54, 1.807) is 31.2 Å². The Hall–Kier alpha value is -2.64. The maximum atomic E-state index is 10.8. The molecule has 0 aromatic heterocycles. The Morgan fingerprint density at radius 1 is 1.19 bits per heavy atom. The van der Waals surface area contributed by atoms with E-state index in [1.165, 1.54) is 6.07 Å². The monoisotopic (exact) mass is 298 g/mol. The van der Waals surface area contributed by atoms with E-state index in [4.69, 9.17) is 11.6 Å². The van der Waals surface area contributed by atoms with Gasteiger partial charge in [0, 0.05) is 11.6 Å². The summed E-state index contributed by atoms with van der Waals surface area (Å²) >= 11 is 6.30. The van der Waals surface area contributed by atoms with Crippen LogP contribution in [0, 0.1) is 28.4 Å². The van der Waals surface area contributed by atoms with Crippen molar-refractivity contribution in [2.75, 3.05) is 0 Å². The fourth-order valence-corrected chi connectivity index (χ4v) is 2.26. The number of nitro groups is 1. The zero-order valence-electron chi connectivity index (χ0n) is 11.2. The molecule has 21 heavy (non-hydrogen) atoms. The molecule has 0 amide bonds. The Bertz CT molecular complexity index is 762. The van der Waals surface area contributed by atoms with Gasteiger partial charge >= 0.3 is 0 Å². The molecule has 2 aromatic carbocycles. The van der Waals surface area contributed by atoms with Crippen molar-refractivity contribution in [2.45, 2.75) is 6.92 Å². The lowest BCUT2D eigenvalue weighted by atomic mass is 10.0. The maximum absolute atomic E-state index is 10.8. The van der Waals surface area contributed by atoms with Crippen molar-refractivity contribution in [1.29, 1.82) is 5.26 Å². The molecule has 0 spiro atoms. The van der Waals surface area contributed by atoms with Gasteiger partial charge < -0.3 is 0 Å². The van der Waals surface area contributed by atoms with E-state index in [1.807, 2.05) is 18.2 Å². The minimum Gasteiger partial charge on any atom is -0.258 e. The van der Waals surface area contributed by atoms with Crippen LogP contribution in [0.25, 0.3) is 10.6 Å². The van der Waals surface area contributed by atoms with E-state index in [0.29, 0.717) is 22.3 Å². The van der Waals surface area contributed by atoms with Gasteiger partial charge in [-0.3, -0.25) is 10.1 Å². The molecule has 0 saturated carbocycles. The summed E-state index contributed by atoms with van der Waals surface area (Å²) in [5.41, 5.74) is 2.16. The third kappa shape index (κ3) is 3.10. The predicted molar refractivity (Wildman–Crippen MR) is 82.6 cm³/mol. The van der Waals surface area contributed by atoms with Crippen molar-refractivity contribution in [3.05, 3.63) is 75.3 Å². The highest BCUT2D eigenvalue weighted by molar-refractivity contribution is 6.53. The van der Waals surface area contributed by atoms with Gasteiger partial charge in [-0.05, 0) is 30.2 Å². The molecule has 2 aromatic rings. The van der Waals surface area contributed by atoms with Crippen LogP contribution in [-0.4, -0.2) is 4.92 Å². The summed E-state index contributed by atoms with van der Waals surface area (Å²) in [5.74, 6) is 0. The lowest BCUT2D eigenvalue weighted by molar-refractivity contribution is -0.385. The molecule has 0 heterocycles. The summed E-state index contributed by atoms with van der Waals surface area (Å²) in [7, 11) is 0. The molecule has 2 rings (SSSR count). The molecule has 0 aliphatic rings. The Labute approximate surface area is 127 Å². The van der Waals surface area contributed by atoms with Crippen LogP contribution >= 0.6 is 11.6 Å². The summed E-state index contributed by atoms with van der Waals surface area (Å²) in [4.78, 5) is 10.4. The summed E-state index contributed by atoms with van der Waals surface area (Å²) in [6, 6.07) is 15.7. The molecule has 5 heteroatoms. The molecule has 104 valence electrons. The van der Waals surface area contributed by atoms with Gasteiger partial charge in [0.15, 0.2) is 0 Å². The molecular formula is C16H11ClN2O2. The van der Waals surface area contributed by atoms with Crippen molar-refractivity contribution < 1.29 is 4.92 Å². The molecule has 0 aliphatic carbocycles. The van der Waals surface area contributed by atoms with Crippen molar-refractivity contribution >= 4 is 27.9 Å². The predicted octanol–water partition coefficient (Wildman–Crippen LogP) is 4.53. The van der Waals surface area contributed by atoms with E-state index in [-0.39, 0.29) is 10.7 Å². The summed E-state index contributed by atoms with van der Waals surface area (Å²) in [6.45, 7) is 1.64. The molecule has 0 atom stereocenters. The highest BCUT2D eigenvalue weighted by Gasteiger charge is 2.14. The number of benzene rings is 2. The molecule has 0 fully saturated rings. The van der Waals surface area contributed by atoms with Gasteiger partial charge in [0.1, 0.15) is 6.07 Å². The first-order valence-electron chi connectivity index (χ1n) is 6.15. The summed E-state index contributed by atoms with van der Waals surface area (Å²) in [5, 5.41) is 20.4. The topological polar surface area (TPSA) is 66.9 Å². The Morgan fingerprint density at radius 3 is 2.38 bits per heavy atom. The third-order valence-corrected chi connectivity index (χ3v) is 3.45. The van der Waals surface area contributed by atoms with Gasteiger partial charge in [-0.2, -0.15) is 5.26 Å². The third-order valence-electron chi connectivity index (χ3n) is 3.04. The number of halogens is 1. The number of nitrogens with zero attached hydrogens (tertiary/aromatic N) is 2. The average molecular weight is 299 g/mol. The van der Waals surface area contributed by atoms with Crippen molar-refractivity contribution in [3.63, 3.8) is 0 Å². The van der Waals surface area contributed by atoms with Crippen LogP contribution in [0.2, 0.25) is 0 Å². The number of rotatable bonds is 3. The van der Waals surface area contributed by atoms with Gasteiger partial charge in [-0.1, -0.05) is 41.9 Å². The zero-order valence-corrected chi connectivity index (χ0v) is 12.0. The Kier molecular flexibility index (Phi) is 4.36. The van der Waals surface area contributed by atoms with Crippen LogP contribution in [0.3, 0.4) is 0 Å². The highest BCUT2D eigenvalue weighted by Crippen LogP contribution is 2.31. The highest BCUT2D eigenvalue weighted by atomic mass is 35.5. The van der Waals surface area contributed by atoms with Crippen molar-refractivity contribution in [3.8, 4) is 6.07 Å². The van der Waals surface area contributed by atoms with Crippen LogP contribution in [0.15, 0.2) is 48.5 Å². The number of nitriles is 1. The number of hydrogen-bond donors (Lipinski definition) is 0. The van der Waals surface area contributed by atoms with Crippen molar-refractivity contribution in [1.82, 2.24) is 0 Å². The average Bonchev–Trinajstić information content (AvgIpc) is 2.48. The molecule has 0 saturated heterocycles. The summed E-state index contributed by atoms with van der Waals surface area (Å²) < 4.78 is 0. The standard InChI is InChI=1S/C16H11ClN2O2/c1-11-9-13(7-8-15(11)19(20)21)16(17)14(10-18)12-5-3-2-4-6-12/h2-9H,1H3. The zero-order chi connectivity index (χ0) is 15.4. The number of aryl methyl sites for hydroxylation is 1. The Balaban J connectivity index is 2.54. The van der Waals surface area contributed by atoms with Gasteiger partial charge in [-0.15, -0.1) is 0 Å². The molecule has 0 aliphatic heterocycles. The van der Waals surface area contributed by atoms with Gasteiger partial charge in [-0.25, -0.2) is 0 Å². The number of nitro benzene ring substituents is 1. The maximum Gasteiger partial charge on any atom is 0.272 e. The molecule has 0 bridgehead atoms. The smallest absolute Gasteiger partial charge is 0.258 e. The van der Waals surface area contributed by atoms with Crippen LogP contribution in [0.1, 0.15) is 16.7 Å². The molecule has 0 N–H and O–H groups in total. The van der Waals surface area contributed by atoms with E-state index in [2.05, 4.69) is 6.07 Å². The first-order valence-corrected chi connectivity index (χ1v) is 6.53. The SMILES string of the molecule is Cc1cc(C(Cl)=C(C#N)c2ccccc2)ccc1[N+](=O)[O-]. The number of hydrogen-bond acceptors (Lipinski definition) is 3. The van der Waals surface area contributed by atoms with E-state index >= 15 is 0 Å². The van der Waals surface area contributed by atoms with Gasteiger partial charge in [0.25, 0.3) is 5.69 Å². The minimum atomic E-state index is -0.445. The van der Waals surface area contributed by atoms with Gasteiger partial charge in [0.05, 0.1) is 15.5 Å². The van der Waals surface area contributed by atoms with Crippen LogP contribution < -0.4 is 0 Å². The van der Waals surface area contributed by atoms with Crippen LogP contribution in [0.4, 0.5) is 5.69 Å². The second-order valence-corrected chi connectivity index (χ2v) is 4.80. The first-order chi connectivity index (χ1) is 10.0. The fourth-order valence-electron chi connectivity index (χ4n) is 1.99. The lowest BCUT2D eigenvalue weighted by Crippen LogP contribution is -1.93. The molecule has 0 radical (unpaired) electrons. The molecule has 0 unspecified atom stereocenters. The van der Waals surface area contributed by atoms with Crippen LogP contribution in [-0.2, 0) is 0 Å². The quantitative estimate of drug-likeness (QED) is 0.362. The van der Waals surface area contributed by atoms with Crippen molar-refractivity contribution in [2.24, 2.45) is 0 Å². The fraction of sp³-hybridized carbons (Fsp3) is 0.0625. The first kappa shape index (κ1) is 14.8. The largest absolute Gasteiger partial charge is 0.272 e. The van der Waals surface area contributed by atoms with E-state index in [9.17, 15) is 15.4 Å². The second-order valence-electron chi connectivity index (χ2n) is 4.43. The normalized spacial score (nSPS) is 11.5. The second kappa shape index (κ2) is 6.21. The lowest BCUT2D eigenvalue weighted by Gasteiger charge is -2.06. The molecule has 4 nitrogen and oxygen atoms in total. The Morgan fingerprint density at radius 2 is 1.86 bits per heavy atom. The van der Waals surface area contributed by atoms with E-state index < -0.39 is 4.92 Å². The molecular weight excluding hydrogens is 288 g/mol. The van der Waals surface area contributed by atoms with E-state index in [0.717, 1.165) is 0 Å². The van der Waals surface area contributed by atoms with Crippen LogP contribution in [0.5, 0.6) is 0 Å². The summed E-state index contributed by atoms with van der Waals surface area (Å²) in [6.07, 6.45) is 0. The van der Waals surface area contributed by atoms with Gasteiger partial charge in [0.2, 0.25) is 0 Å². The number of allylic oxidation sites excluding steroid dienone is 1.